The Morgan fingerprint density at radius 3 is 2.52 bits per heavy atom. The number of nitrogens with one attached hydrogen (secondary N) is 2. The monoisotopic (exact) mass is 388 g/mol. The smallest absolute Gasteiger partial charge is 0.248 e. The van der Waals surface area contributed by atoms with E-state index in [2.05, 4.69) is 15.6 Å². The highest BCUT2D eigenvalue weighted by Crippen LogP contribution is 2.22. The molecule has 0 spiro atoms. The van der Waals surface area contributed by atoms with Crippen LogP contribution in [0.4, 0.5) is 0 Å². The molecule has 0 radical (unpaired) electrons. The Kier molecular flexibility index (Phi) is 7.95. The second-order valence-corrected chi connectivity index (χ2v) is 6.30. The van der Waals surface area contributed by atoms with E-state index in [9.17, 15) is 4.79 Å². The van der Waals surface area contributed by atoms with Gasteiger partial charge in [-0.2, -0.15) is 0 Å². The summed E-state index contributed by atoms with van der Waals surface area (Å²) >= 11 is 6.27. The third-order valence-electron chi connectivity index (χ3n) is 3.95. The Labute approximate surface area is 164 Å². The number of benzene rings is 2. The van der Waals surface area contributed by atoms with E-state index >= 15 is 0 Å². The number of carbonyl (C=O) groups is 1. The number of aliphatic imine (C=N–C) groups is 1. The number of nitrogens with two attached hydrogens (primary N) is 1. The first-order chi connectivity index (χ1) is 13.0. The standard InChI is InChI=1S/C20H25ClN4O2/c1-3-23-20(25-13-14-4-6-16(7-5-14)19(22)26)24-11-10-15-8-9-17(27-2)12-18(15)21/h4-9,12H,3,10-11,13H2,1-2H3,(H2,22,26)(H2,23,24,25). The van der Waals surface area contributed by atoms with Crippen molar-refractivity contribution in [2.75, 3.05) is 20.2 Å². The normalized spacial score (nSPS) is 11.1. The van der Waals surface area contributed by atoms with Crippen LogP contribution in [-0.2, 0) is 13.0 Å². The van der Waals surface area contributed by atoms with E-state index in [0.717, 1.165) is 35.8 Å². The van der Waals surface area contributed by atoms with Gasteiger partial charge in [-0.15, -0.1) is 0 Å². The van der Waals surface area contributed by atoms with Crippen LogP contribution in [0.15, 0.2) is 47.5 Å². The molecule has 0 aromatic heterocycles. The van der Waals surface area contributed by atoms with Crippen molar-refractivity contribution in [2.45, 2.75) is 19.9 Å². The third kappa shape index (κ3) is 6.49. The Bertz CT molecular complexity index is 791. The molecule has 0 atom stereocenters. The molecule has 0 aliphatic carbocycles. The lowest BCUT2D eigenvalue weighted by Crippen LogP contribution is -2.38. The van der Waals surface area contributed by atoms with Gasteiger partial charge in [-0.1, -0.05) is 29.8 Å². The maximum atomic E-state index is 11.1. The van der Waals surface area contributed by atoms with Crippen molar-refractivity contribution >= 4 is 23.5 Å². The Morgan fingerprint density at radius 2 is 1.93 bits per heavy atom. The Morgan fingerprint density at radius 1 is 1.19 bits per heavy atom. The molecule has 0 saturated carbocycles. The van der Waals surface area contributed by atoms with Gasteiger partial charge in [-0.25, -0.2) is 4.99 Å². The molecule has 6 nitrogen and oxygen atoms in total. The summed E-state index contributed by atoms with van der Waals surface area (Å²) in [6.45, 7) is 3.96. The molecule has 0 bridgehead atoms. The van der Waals surface area contributed by atoms with E-state index in [1.807, 2.05) is 37.3 Å². The fraction of sp³-hybridized carbons (Fsp3) is 0.300. The van der Waals surface area contributed by atoms with Crippen LogP contribution in [0.3, 0.4) is 0 Å². The van der Waals surface area contributed by atoms with Crippen molar-refractivity contribution in [3.63, 3.8) is 0 Å². The number of amides is 1. The van der Waals surface area contributed by atoms with Crippen molar-refractivity contribution in [3.05, 3.63) is 64.2 Å². The number of nitrogens with zero attached hydrogens (tertiary/aromatic N) is 1. The summed E-state index contributed by atoms with van der Waals surface area (Å²) < 4.78 is 5.16. The summed E-state index contributed by atoms with van der Waals surface area (Å²) in [5.41, 5.74) is 7.78. The summed E-state index contributed by atoms with van der Waals surface area (Å²) in [5, 5.41) is 7.20. The van der Waals surface area contributed by atoms with E-state index in [0.29, 0.717) is 23.7 Å². The lowest BCUT2D eigenvalue weighted by molar-refractivity contribution is 0.100. The topological polar surface area (TPSA) is 88.7 Å². The Hall–Kier alpha value is -2.73. The molecule has 0 saturated heterocycles. The molecule has 2 aromatic rings. The summed E-state index contributed by atoms with van der Waals surface area (Å²) in [7, 11) is 1.62. The maximum absolute atomic E-state index is 11.1. The zero-order valence-corrected chi connectivity index (χ0v) is 16.3. The quantitative estimate of drug-likeness (QED) is 0.479. The minimum absolute atomic E-state index is 0.433. The number of ether oxygens (including phenoxy) is 1. The largest absolute Gasteiger partial charge is 0.497 e. The van der Waals surface area contributed by atoms with Crippen LogP contribution in [0.5, 0.6) is 5.75 Å². The van der Waals surface area contributed by atoms with Crippen LogP contribution < -0.4 is 21.1 Å². The number of rotatable bonds is 8. The van der Waals surface area contributed by atoms with Crippen LogP contribution in [0.25, 0.3) is 0 Å². The van der Waals surface area contributed by atoms with Gasteiger partial charge in [0.05, 0.1) is 13.7 Å². The van der Waals surface area contributed by atoms with E-state index in [1.165, 1.54) is 0 Å². The summed E-state index contributed by atoms with van der Waals surface area (Å²) in [4.78, 5) is 15.7. The predicted molar refractivity (Wildman–Crippen MR) is 109 cm³/mol. The Balaban J connectivity index is 1.92. The van der Waals surface area contributed by atoms with Gasteiger partial charge in [0, 0.05) is 23.7 Å². The number of halogens is 1. The average molecular weight is 389 g/mol. The molecule has 7 heteroatoms. The lowest BCUT2D eigenvalue weighted by atomic mass is 10.1. The lowest BCUT2D eigenvalue weighted by Gasteiger charge is -2.12. The number of carbonyl (C=O) groups excluding carboxylic acids is 1. The molecule has 27 heavy (non-hydrogen) atoms. The average Bonchev–Trinajstić information content (AvgIpc) is 2.67. The van der Waals surface area contributed by atoms with E-state index in [-0.39, 0.29) is 0 Å². The number of guanidine groups is 1. The van der Waals surface area contributed by atoms with Crippen LogP contribution in [0.2, 0.25) is 5.02 Å². The number of hydrogen-bond donors (Lipinski definition) is 3. The summed E-state index contributed by atoms with van der Waals surface area (Å²) in [5.74, 6) is 1.03. The first-order valence-electron chi connectivity index (χ1n) is 8.76. The molecule has 0 fully saturated rings. The van der Waals surface area contributed by atoms with Crippen LogP contribution in [0.1, 0.15) is 28.4 Å². The van der Waals surface area contributed by atoms with E-state index in [4.69, 9.17) is 22.1 Å². The molecule has 144 valence electrons. The van der Waals surface area contributed by atoms with Crippen LogP contribution >= 0.6 is 11.6 Å². The van der Waals surface area contributed by atoms with E-state index < -0.39 is 5.91 Å². The number of primary amides is 1. The minimum Gasteiger partial charge on any atom is -0.497 e. The van der Waals surface area contributed by atoms with Gasteiger partial charge in [-0.05, 0) is 48.7 Å². The fourth-order valence-electron chi connectivity index (χ4n) is 2.46. The molecule has 0 aliphatic heterocycles. The molecule has 2 rings (SSSR count). The first-order valence-corrected chi connectivity index (χ1v) is 9.14. The SMILES string of the molecule is CCNC(=NCc1ccc(C(N)=O)cc1)NCCc1ccc(OC)cc1Cl. The molecule has 1 amide bonds. The molecular formula is C20H25ClN4O2. The van der Waals surface area contributed by atoms with Gasteiger partial charge < -0.3 is 21.1 Å². The van der Waals surface area contributed by atoms with Gasteiger partial charge >= 0.3 is 0 Å². The molecule has 4 N–H and O–H groups in total. The first kappa shape index (κ1) is 20.6. The highest BCUT2D eigenvalue weighted by molar-refractivity contribution is 6.31. The third-order valence-corrected chi connectivity index (χ3v) is 4.30. The van der Waals surface area contributed by atoms with Crippen molar-refractivity contribution < 1.29 is 9.53 Å². The minimum atomic E-state index is -0.433. The molecule has 2 aromatic carbocycles. The van der Waals surface area contributed by atoms with Gasteiger partial charge in [0.2, 0.25) is 5.91 Å². The molecular weight excluding hydrogens is 364 g/mol. The fourth-order valence-corrected chi connectivity index (χ4v) is 2.72. The van der Waals surface area contributed by atoms with Gasteiger partial charge in [0.25, 0.3) is 0 Å². The molecule has 0 aliphatic rings. The zero-order valence-electron chi connectivity index (χ0n) is 15.6. The van der Waals surface area contributed by atoms with E-state index in [1.54, 1.807) is 19.2 Å². The van der Waals surface area contributed by atoms with Gasteiger partial charge in [0.15, 0.2) is 5.96 Å². The molecule has 0 unspecified atom stereocenters. The van der Waals surface area contributed by atoms with Crippen LogP contribution in [0, 0.1) is 0 Å². The van der Waals surface area contributed by atoms with Gasteiger partial charge in [-0.3, -0.25) is 4.79 Å². The maximum Gasteiger partial charge on any atom is 0.248 e. The second kappa shape index (κ2) is 10.4. The highest BCUT2D eigenvalue weighted by atomic mass is 35.5. The van der Waals surface area contributed by atoms with Crippen LogP contribution in [-0.4, -0.2) is 32.1 Å². The number of methoxy groups -OCH3 is 1. The highest BCUT2D eigenvalue weighted by Gasteiger charge is 2.04. The zero-order chi connectivity index (χ0) is 19.6. The molecule has 0 heterocycles. The predicted octanol–water partition coefficient (Wildman–Crippen LogP) is 2.75. The number of hydrogen-bond acceptors (Lipinski definition) is 3. The van der Waals surface area contributed by atoms with Crippen molar-refractivity contribution in [1.29, 1.82) is 0 Å². The van der Waals surface area contributed by atoms with Crippen molar-refractivity contribution in [1.82, 2.24) is 10.6 Å². The van der Waals surface area contributed by atoms with Crippen molar-refractivity contribution in [3.8, 4) is 5.75 Å². The van der Waals surface area contributed by atoms with Crippen molar-refractivity contribution in [2.24, 2.45) is 10.7 Å². The summed E-state index contributed by atoms with van der Waals surface area (Å²) in [6, 6.07) is 12.8. The second-order valence-electron chi connectivity index (χ2n) is 5.89. The summed E-state index contributed by atoms with van der Waals surface area (Å²) in [6.07, 6.45) is 0.764. The van der Waals surface area contributed by atoms with Gasteiger partial charge in [0.1, 0.15) is 5.75 Å².